The van der Waals surface area contributed by atoms with Crippen LogP contribution in [0.5, 0.6) is 0 Å². The summed E-state index contributed by atoms with van der Waals surface area (Å²) >= 11 is 0. The third-order valence-corrected chi connectivity index (χ3v) is 4.64. The maximum absolute atomic E-state index is 13.0. The summed E-state index contributed by atoms with van der Waals surface area (Å²) in [6.07, 6.45) is 6.14. The van der Waals surface area contributed by atoms with Gasteiger partial charge >= 0.3 is 0 Å². The van der Waals surface area contributed by atoms with Gasteiger partial charge in [-0.25, -0.2) is 0 Å². The number of benzene rings is 2. The molecule has 0 spiro atoms. The van der Waals surface area contributed by atoms with Crippen LogP contribution in [0.2, 0.25) is 0 Å². The number of fused-ring (bicyclic) bond motifs is 1. The van der Waals surface area contributed by atoms with E-state index in [0.29, 0.717) is 24.5 Å². The first-order valence-corrected chi connectivity index (χ1v) is 9.08. The van der Waals surface area contributed by atoms with E-state index in [1.807, 2.05) is 24.3 Å². The average Bonchev–Trinajstić information content (AvgIpc) is 3.12. The molecule has 0 fully saturated rings. The second-order valence-electron chi connectivity index (χ2n) is 6.60. The lowest BCUT2D eigenvalue weighted by atomic mass is 10.1. The van der Waals surface area contributed by atoms with Crippen molar-refractivity contribution in [2.45, 2.75) is 19.3 Å². The molecule has 2 aromatic rings. The third-order valence-electron chi connectivity index (χ3n) is 4.64. The van der Waals surface area contributed by atoms with Crippen LogP contribution >= 0.6 is 0 Å². The van der Waals surface area contributed by atoms with E-state index in [-0.39, 0.29) is 5.91 Å². The van der Waals surface area contributed by atoms with E-state index in [9.17, 15) is 4.79 Å². The van der Waals surface area contributed by atoms with E-state index < -0.39 is 0 Å². The van der Waals surface area contributed by atoms with Gasteiger partial charge in [0.2, 0.25) is 0 Å². The lowest BCUT2D eigenvalue weighted by Crippen LogP contribution is -2.33. The lowest BCUT2D eigenvalue weighted by Gasteiger charge is -2.21. The Labute approximate surface area is 159 Å². The van der Waals surface area contributed by atoms with Crippen LogP contribution in [0.25, 0.3) is 6.08 Å². The molecular weight excluding hydrogens is 338 g/mol. The number of aryl methyl sites for hydroxylation is 2. The second-order valence-corrected chi connectivity index (χ2v) is 6.60. The molecule has 0 radical (unpaired) electrons. The number of hydrogen-bond acceptors (Lipinski definition) is 4. The van der Waals surface area contributed by atoms with Crippen molar-refractivity contribution < 1.29 is 4.79 Å². The standard InChI is InChI=1S/C21H25N5O/c22-9-10-26(14-23)20(12-15-3-1-6-18(24)11-15)21(27)25-19-8-7-16-4-2-5-17(16)13-19/h1,3,6-8,11-14,23H,2,4-5,9-10,22,24H2,(H,25,27)/b20-12-,23-14?. The number of nitrogens with one attached hydrogen (secondary N) is 2. The Morgan fingerprint density at radius 3 is 2.74 bits per heavy atom. The Kier molecular flexibility index (Phi) is 5.88. The van der Waals surface area contributed by atoms with E-state index in [1.54, 1.807) is 18.2 Å². The zero-order valence-corrected chi connectivity index (χ0v) is 15.2. The van der Waals surface area contributed by atoms with Gasteiger partial charge < -0.3 is 21.7 Å². The monoisotopic (exact) mass is 363 g/mol. The van der Waals surface area contributed by atoms with E-state index in [0.717, 1.165) is 36.9 Å². The molecule has 1 amide bonds. The molecule has 27 heavy (non-hydrogen) atoms. The molecule has 0 unspecified atom stereocenters. The SMILES string of the molecule is N=CN(CCN)/C(=C\c1cccc(N)c1)C(=O)Nc1ccc2c(c1)CCC2. The molecule has 0 aromatic heterocycles. The summed E-state index contributed by atoms with van der Waals surface area (Å²) in [5, 5.41) is 10.6. The highest BCUT2D eigenvalue weighted by atomic mass is 16.2. The number of hydrogen-bond donors (Lipinski definition) is 4. The van der Waals surface area contributed by atoms with Crippen LogP contribution in [-0.4, -0.2) is 30.2 Å². The molecule has 0 saturated heterocycles. The molecule has 1 aliphatic carbocycles. The van der Waals surface area contributed by atoms with Gasteiger partial charge in [-0.2, -0.15) is 0 Å². The Morgan fingerprint density at radius 1 is 1.19 bits per heavy atom. The number of carbonyl (C=O) groups excluding carboxylic acids is 1. The summed E-state index contributed by atoms with van der Waals surface area (Å²) in [4.78, 5) is 14.5. The van der Waals surface area contributed by atoms with E-state index in [1.165, 1.54) is 16.0 Å². The van der Waals surface area contributed by atoms with Gasteiger partial charge in [-0.05, 0) is 66.3 Å². The first-order chi connectivity index (χ1) is 13.1. The van der Waals surface area contributed by atoms with Crippen LogP contribution in [0.15, 0.2) is 48.2 Å². The maximum Gasteiger partial charge on any atom is 0.272 e. The quantitative estimate of drug-likeness (QED) is 0.262. The average molecular weight is 363 g/mol. The molecule has 0 saturated carbocycles. The molecule has 140 valence electrons. The fourth-order valence-corrected chi connectivity index (χ4v) is 3.32. The van der Waals surface area contributed by atoms with Crippen molar-refractivity contribution in [2.75, 3.05) is 24.1 Å². The summed E-state index contributed by atoms with van der Waals surface area (Å²) in [6.45, 7) is 0.699. The van der Waals surface area contributed by atoms with Gasteiger partial charge in [0.15, 0.2) is 0 Å². The Morgan fingerprint density at radius 2 is 2.00 bits per heavy atom. The molecule has 6 heteroatoms. The van der Waals surface area contributed by atoms with Crippen LogP contribution in [-0.2, 0) is 17.6 Å². The minimum atomic E-state index is -0.285. The second kappa shape index (κ2) is 8.51. The predicted octanol–water partition coefficient (Wildman–Crippen LogP) is 2.60. The van der Waals surface area contributed by atoms with Crippen molar-refractivity contribution in [3.63, 3.8) is 0 Å². The first kappa shape index (κ1) is 18.7. The molecule has 0 atom stereocenters. The van der Waals surface area contributed by atoms with Crippen LogP contribution < -0.4 is 16.8 Å². The molecule has 6 N–H and O–H groups in total. The van der Waals surface area contributed by atoms with E-state index in [2.05, 4.69) is 11.4 Å². The van der Waals surface area contributed by atoms with Crippen molar-refractivity contribution >= 4 is 29.7 Å². The number of anilines is 2. The maximum atomic E-state index is 13.0. The Balaban J connectivity index is 1.89. The molecule has 1 aliphatic rings. The summed E-state index contributed by atoms with van der Waals surface area (Å²) in [5.41, 5.74) is 16.7. The first-order valence-electron chi connectivity index (χ1n) is 9.08. The largest absolute Gasteiger partial charge is 0.399 e. The molecule has 0 aliphatic heterocycles. The highest BCUT2D eigenvalue weighted by Crippen LogP contribution is 2.25. The summed E-state index contributed by atoms with van der Waals surface area (Å²) in [7, 11) is 0. The molecule has 0 bridgehead atoms. The number of nitrogens with two attached hydrogens (primary N) is 2. The van der Waals surface area contributed by atoms with Gasteiger partial charge in [0.05, 0.1) is 6.34 Å². The van der Waals surface area contributed by atoms with E-state index >= 15 is 0 Å². The highest BCUT2D eigenvalue weighted by molar-refractivity contribution is 6.07. The van der Waals surface area contributed by atoms with Crippen LogP contribution in [0, 0.1) is 5.41 Å². The lowest BCUT2D eigenvalue weighted by molar-refractivity contribution is -0.113. The fourth-order valence-electron chi connectivity index (χ4n) is 3.32. The third kappa shape index (κ3) is 4.54. The van der Waals surface area contributed by atoms with Crippen molar-refractivity contribution in [2.24, 2.45) is 5.73 Å². The summed E-state index contributed by atoms with van der Waals surface area (Å²) < 4.78 is 0. The smallest absolute Gasteiger partial charge is 0.272 e. The van der Waals surface area contributed by atoms with Crippen molar-refractivity contribution in [1.29, 1.82) is 5.41 Å². The van der Waals surface area contributed by atoms with Crippen LogP contribution in [0.1, 0.15) is 23.1 Å². The topological polar surface area (TPSA) is 108 Å². The molecule has 0 heterocycles. The molecule has 2 aromatic carbocycles. The normalized spacial score (nSPS) is 13.1. The van der Waals surface area contributed by atoms with Gasteiger partial charge in [0.25, 0.3) is 5.91 Å². The van der Waals surface area contributed by atoms with Gasteiger partial charge in [0.1, 0.15) is 5.70 Å². The highest BCUT2D eigenvalue weighted by Gasteiger charge is 2.18. The predicted molar refractivity (Wildman–Crippen MR) is 110 cm³/mol. The summed E-state index contributed by atoms with van der Waals surface area (Å²) in [5.74, 6) is -0.285. The van der Waals surface area contributed by atoms with Gasteiger partial charge in [-0.15, -0.1) is 0 Å². The minimum absolute atomic E-state index is 0.285. The minimum Gasteiger partial charge on any atom is -0.399 e. The van der Waals surface area contributed by atoms with Gasteiger partial charge in [-0.3, -0.25) is 10.2 Å². The molecular formula is C21H25N5O. The molecule has 3 rings (SSSR count). The number of nitrogen functional groups attached to an aromatic ring is 1. The van der Waals surface area contributed by atoms with Crippen LogP contribution in [0.4, 0.5) is 11.4 Å². The fraction of sp³-hybridized carbons (Fsp3) is 0.238. The number of rotatable bonds is 7. The van der Waals surface area contributed by atoms with Crippen molar-refractivity contribution in [3.8, 4) is 0 Å². The summed E-state index contributed by atoms with van der Waals surface area (Å²) in [6, 6.07) is 13.3. The Hall–Kier alpha value is -3.12. The Bertz CT molecular complexity index is 875. The number of nitrogens with zero attached hydrogens (tertiary/aromatic N) is 1. The number of carbonyl (C=O) groups is 1. The van der Waals surface area contributed by atoms with Crippen LogP contribution in [0.3, 0.4) is 0 Å². The van der Waals surface area contributed by atoms with E-state index in [4.69, 9.17) is 16.9 Å². The zero-order valence-electron chi connectivity index (χ0n) is 15.2. The van der Waals surface area contributed by atoms with Gasteiger partial charge in [-0.1, -0.05) is 18.2 Å². The van der Waals surface area contributed by atoms with Crippen molar-refractivity contribution in [1.82, 2.24) is 4.90 Å². The van der Waals surface area contributed by atoms with Crippen molar-refractivity contribution in [3.05, 3.63) is 64.9 Å². The molecule has 6 nitrogen and oxygen atoms in total. The van der Waals surface area contributed by atoms with Gasteiger partial charge in [0, 0.05) is 24.5 Å². The zero-order chi connectivity index (χ0) is 19.2. The number of amides is 1.